The van der Waals surface area contributed by atoms with E-state index < -0.39 is 0 Å². The summed E-state index contributed by atoms with van der Waals surface area (Å²) >= 11 is 0. The molecule has 125 valence electrons. The van der Waals surface area contributed by atoms with Crippen molar-refractivity contribution in [1.29, 1.82) is 0 Å². The van der Waals surface area contributed by atoms with E-state index >= 15 is 0 Å². The van der Waals surface area contributed by atoms with Crippen LogP contribution >= 0.6 is 0 Å². The van der Waals surface area contributed by atoms with E-state index in [4.69, 9.17) is 9.47 Å². The summed E-state index contributed by atoms with van der Waals surface area (Å²) in [6.45, 7) is 0. The first-order valence-corrected chi connectivity index (χ1v) is 8.32. The molecule has 0 aliphatic heterocycles. The molecule has 4 aromatic rings. The fraction of sp³-hybridized carbons (Fsp3) is 0. The lowest BCUT2D eigenvalue weighted by Gasteiger charge is -2.11. The lowest BCUT2D eigenvalue weighted by atomic mass is 10.1. The summed E-state index contributed by atoms with van der Waals surface area (Å²) in [5.41, 5.74) is 1.53. The average Bonchev–Trinajstić information content (AvgIpc) is 2.70. The molecule has 3 nitrogen and oxygen atoms in total. The third kappa shape index (κ3) is 3.73. The number of benzene rings is 3. The molecule has 3 heteroatoms. The molecule has 0 saturated carbocycles. The zero-order valence-corrected chi connectivity index (χ0v) is 14.0. The molecule has 0 amide bonds. The highest BCUT2D eigenvalue weighted by Gasteiger charge is 2.10. The third-order valence-electron chi connectivity index (χ3n) is 3.73. The highest BCUT2D eigenvalue weighted by atomic mass is 16.5. The zero-order valence-electron chi connectivity index (χ0n) is 14.0. The van der Waals surface area contributed by atoms with Crippen molar-refractivity contribution in [2.24, 2.45) is 0 Å². The molecule has 0 bridgehead atoms. The van der Waals surface area contributed by atoms with Gasteiger partial charge in [-0.25, -0.2) is 4.98 Å². The predicted molar refractivity (Wildman–Crippen MR) is 102 cm³/mol. The maximum atomic E-state index is 6.01. The monoisotopic (exact) mass is 338 g/mol. The van der Waals surface area contributed by atoms with E-state index in [0.717, 1.165) is 22.8 Å². The first kappa shape index (κ1) is 15.9. The van der Waals surface area contributed by atoms with Crippen molar-refractivity contribution in [2.75, 3.05) is 0 Å². The predicted octanol–water partition coefficient (Wildman–Crippen LogP) is 6.13. The summed E-state index contributed by atoms with van der Waals surface area (Å²) in [6, 6.07) is 33.8. The van der Waals surface area contributed by atoms with E-state index in [0.29, 0.717) is 11.6 Å². The van der Waals surface area contributed by atoms with Crippen LogP contribution in [-0.4, -0.2) is 4.98 Å². The van der Waals surface area contributed by atoms with Crippen LogP contribution in [0.3, 0.4) is 0 Å². The largest absolute Gasteiger partial charge is 0.457 e. The molecule has 4 rings (SSSR count). The van der Waals surface area contributed by atoms with Gasteiger partial charge in [0.25, 0.3) is 0 Å². The average molecular weight is 338 g/mol. The molecular formula is C23H16NO2. The number of pyridine rings is 1. The van der Waals surface area contributed by atoms with Crippen LogP contribution in [0.1, 0.15) is 0 Å². The molecule has 0 atom stereocenters. The molecule has 0 N–H and O–H groups in total. The molecule has 3 aromatic carbocycles. The van der Waals surface area contributed by atoms with Gasteiger partial charge < -0.3 is 9.47 Å². The molecule has 26 heavy (non-hydrogen) atoms. The lowest BCUT2D eigenvalue weighted by molar-refractivity contribution is 0.463. The Morgan fingerprint density at radius 3 is 2.04 bits per heavy atom. The normalized spacial score (nSPS) is 10.3. The van der Waals surface area contributed by atoms with Gasteiger partial charge in [-0.1, -0.05) is 54.6 Å². The molecule has 1 aromatic heterocycles. The van der Waals surface area contributed by atoms with Gasteiger partial charge in [-0.2, -0.15) is 0 Å². The SMILES string of the molecule is [c]1cccc(Oc2ccccc2)c1-c1cccc(Oc2ccccc2)n1. The Morgan fingerprint density at radius 2 is 1.31 bits per heavy atom. The van der Waals surface area contributed by atoms with Crippen LogP contribution in [0.4, 0.5) is 0 Å². The topological polar surface area (TPSA) is 31.4 Å². The molecule has 0 fully saturated rings. The molecule has 0 spiro atoms. The fourth-order valence-electron chi connectivity index (χ4n) is 2.54. The minimum Gasteiger partial charge on any atom is -0.457 e. The van der Waals surface area contributed by atoms with Crippen molar-refractivity contribution in [3.8, 4) is 34.4 Å². The molecule has 1 radical (unpaired) electrons. The Balaban J connectivity index is 1.65. The zero-order chi connectivity index (χ0) is 17.6. The summed E-state index contributed by atoms with van der Waals surface area (Å²) in [6.07, 6.45) is 0. The van der Waals surface area contributed by atoms with Crippen LogP contribution in [0.2, 0.25) is 0 Å². The lowest BCUT2D eigenvalue weighted by Crippen LogP contribution is -1.93. The van der Waals surface area contributed by atoms with Crippen molar-refractivity contribution < 1.29 is 9.47 Å². The van der Waals surface area contributed by atoms with Gasteiger partial charge in [0.05, 0.1) is 11.3 Å². The Kier molecular flexibility index (Phi) is 4.61. The van der Waals surface area contributed by atoms with Crippen LogP contribution in [-0.2, 0) is 0 Å². The highest BCUT2D eigenvalue weighted by Crippen LogP contribution is 2.33. The second kappa shape index (κ2) is 7.53. The number of hydrogen-bond acceptors (Lipinski definition) is 3. The molecule has 0 unspecified atom stereocenters. The van der Waals surface area contributed by atoms with E-state index in [1.807, 2.05) is 97.1 Å². The van der Waals surface area contributed by atoms with E-state index in [2.05, 4.69) is 11.1 Å². The van der Waals surface area contributed by atoms with E-state index in [1.165, 1.54) is 0 Å². The van der Waals surface area contributed by atoms with Crippen LogP contribution < -0.4 is 9.47 Å². The smallest absolute Gasteiger partial charge is 0.219 e. The number of nitrogens with zero attached hydrogens (tertiary/aromatic N) is 1. The third-order valence-corrected chi connectivity index (χ3v) is 3.73. The minimum atomic E-state index is 0.525. The van der Waals surface area contributed by atoms with Crippen molar-refractivity contribution in [3.63, 3.8) is 0 Å². The Labute approximate surface area is 152 Å². The van der Waals surface area contributed by atoms with E-state index in [9.17, 15) is 0 Å². The van der Waals surface area contributed by atoms with Crippen molar-refractivity contribution in [1.82, 2.24) is 4.98 Å². The van der Waals surface area contributed by atoms with Gasteiger partial charge in [0.15, 0.2) is 0 Å². The number of aromatic nitrogens is 1. The second-order valence-electron chi connectivity index (χ2n) is 5.60. The van der Waals surface area contributed by atoms with Crippen LogP contribution in [0.15, 0.2) is 97.1 Å². The maximum absolute atomic E-state index is 6.01. The van der Waals surface area contributed by atoms with Crippen LogP contribution in [0.5, 0.6) is 23.1 Å². The van der Waals surface area contributed by atoms with Gasteiger partial charge in [-0.3, -0.25) is 0 Å². The van der Waals surface area contributed by atoms with Crippen molar-refractivity contribution in [3.05, 3.63) is 103 Å². The standard InChI is InChI=1S/C23H16NO2/c1-3-10-18(11-4-1)25-22-16-8-7-14-20(22)21-15-9-17-23(24-21)26-19-12-5-2-6-13-19/h1-13,15-17H. The number of para-hydroxylation sites is 2. The number of hydrogen-bond donors (Lipinski definition) is 0. The second-order valence-corrected chi connectivity index (χ2v) is 5.60. The highest BCUT2D eigenvalue weighted by molar-refractivity contribution is 5.67. The fourth-order valence-corrected chi connectivity index (χ4v) is 2.54. The summed E-state index contributed by atoms with van der Waals surface area (Å²) in [5, 5.41) is 0. The van der Waals surface area contributed by atoms with E-state index in [1.54, 1.807) is 0 Å². The summed E-state index contributed by atoms with van der Waals surface area (Å²) < 4.78 is 11.8. The Hall–Kier alpha value is -3.59. The quantitative estimate of drug-likeness (QED) is 0.438. The summed E-state index contributed by atoms with van der Waals surface area (Å²) in [5.74, 6) is 2.74. The number of rotatable bonds is 5. The van der Waals surface area contributed by atoms with Gasteiger partial charge >= 0.3 is 0 Å². The summed E-state index contributed by atoms with van der Waals surface area (Å²) in [7, 11) is 0. The van der Waals surface area contributed by atoms with Gasteiger partial charge in [0.1, 0.15) is 17.2 Å². The first-order valence-electron chi connectivity index (χ1n) is 8.32. The van der Waals surface area contributed by atoms with Gasteiger partial charge in [-0.15, -0.1) is 0 Å². The first-order chi connectivity index (χ1) is 12.9. The number of ether oxygens (including phenoxy) is 2. The van der Waals surface area contributed by atoms with E-state index in [-0.39, 0.29) is 0 Å². The maximum Gasteiger partial charge on any atom is 0.219 e. The van der Waals surface area contributed by atoms with Crippen molar-refractivity contribution in [2.45, 2.75) is 0 Å². The molecular weight excluding hydrogens is 322 g/mol. The van der Waals surface area contributed by atoms with Crippen LogP contribution in [0, 0.1) is 6.07 Å². The van der Waals surface area contributed by atoms with Gasteiger partial charge in [0.2, 0.25) is 5.88 Å². The molecule has 0 aliphatic carbocycles. The molecule has 1 heterocycles. The van der Waals surface area contributed by atoms with Crippen molar-refractivity contribution >= 4 is 0 Å². The van der Waals surface area contributed by atoms with Gasteiger partial charge in [0, 0.05) is 6.07 Å². The Bertz CT molecular complexity index is 985. The summed E-state index contributed by atoms with van der Waals surface area (Å²) in [4.78, 5) is 4.61. The van der Waals surface area contributed by atoms with Gasteiger partial charge in [-0.05, 0) is 42.5 Å². The molecule has 0 aliphatic rings. The molecule has 0 saturated heterocycles. The minimum absolute atomic E-state index is 0.525. The van der Waals surface area contributed by atoms with Crippen LogP contribution in [0.25, 0.3) is 11.3 Å². The Morgan fingerprint density at radius 1 is 0.615 bits per heavy atom.